The Kier molecular flexibility index (Phi) is 6.40. The molecule has 4 nitrogen and oxygen atoms in total. The molecule has 0 aliphatic rings. The van der Waals surface area contributed by atoms with Gasteiger partial charge in [-0.1, -0.05) is 11.6 Å². The summed E-state index contributed by atoms with van der Waals surface area (Å²) in [5.41, 5.74) is 0.552. The second kappa shape index (κ2) is 7.85. The number of carbonyl (C=O) groups excluding carboxylic acids is 1. The molecule has 0 saturated heterocycles. The number of benzene rings is 1. The third-order valence-corrected chi connectivity index (χ3v) is 3.22. The van der Waals surface area contributed by atoms with Gasteiger partial charge in [0, 0.05) is 17.2 Å². The Hall–Kier alpha value is -1.38. The molecule has 0 atom stereocenters. The second-order valence-corrected chi connectivity index (χ2v) is 4.90. The van der Waals surface area contributed by atoms with E-state index < -0.39 is 0 Å². The van der Waals surface area contributed by atoms with Crippen molar-refractivity contribution in [3.63, 3.8) is 0 Å². The van der Waals surface area contributed by atoms with Crippen molar-refractivity contribution in [3.8, 4) is 11.8 Å². The molecular formula is C12H13ClN2O2S. The summed E-state index contributed by atoms with van der Waals surface area (Å²) in [6, 6.07) is 7.05. The molecule has 0 fully saturated rings. The molecule has 1 amide bonds. The number of anilines is 1. The Morgan fingerprint density at radius 3 is 3.06 bits per heavy atom. The van der Waals surface area contributed by atoms with Gasteiger partial charge in [0.25, 0.3) is 0 Å². The standard InChI is InChI=1S/C12H13ClN2O2S/c1-17-11-4-3-9(13)7-10(11)15-12(16)8-18-6-2-5-14/h3-4,7H,2,6,8H2,1H3,(H,15,16). The molecule has 1 N–H and O–H groups in total. The van der Waals surface area contributed by atoms with Gasteiger partial charge in [-0.05, 0) is 18.2 Å². The third-order valence-electron chi connectivity index (χ3n) is 2.03. The molecule has 1 aromatic carbocycles. The summed E-state index contributed by atoms with van der Waals surface area (Å²) in [4.78, 5) is 11.6. The number of amides is 1. The van der Waals surface area contributed by atoms with Crippen molar-refractivity contribution in [3.05, 3.63) is 23.2 Å². The van der Waals surface area contributed by atoms with Crippen LogP contribution in [-0.2, 0) is 4.79 Å². The van der Waals surface area contributed by atoms with E-state index in [9.17, 15) is 4.79 Å². The van der Waals surface area contributed by atoms with Crippen molar-refractivity contribution in [1.29, 1.82) is 5.26 Å². The first kappa shape index (κ1) is 14.7. The molecule has 0 heterocycles. The van der Waals surface area contributed by atoms with Crippen LogP contribution in [0, 0.1) is 11.3 Å². The molecule has 0 spiro atoms. The zero-order valence-corrected chi connectivity index (χ0v) is 11.5. The van der Waals surface area contributed by atoms with E-state index in [0.29, 0.717) is 34.4 Å². The number of nitriles is 1. The molecule has 0 saturated carbocycles. The molecule has 1 rings (SSSR count). The monoisotopic (exact) mass is 284 g/mol. The largest absolute Gasteiger partial charge is 0.495 e. The lowest BCUT2D eigenvalue weighted by molar-refractivity contribution is -0.113. The van der Waals surface area contributed by atoms with E-state index in [1.54, 1.807) is 18.2 Å². The zero-order valence-electron chi connectivity index (χ0n) is 9.90. The molecule has 0 aliphatic heterocycles. The zero-order chi connectivity index (χ0) is 13.4. The van der Waals surface area contributed by atoms with Gasteiger partial charge < -0.3 is 10.1 Å². The van der Waals surface area contributed by atoms with Crippen LogP contribution in [0.1, 0.15) is 6.42 Å². The highest BCUT2D eigenvalue weighted by molar-refractivity contribution is 7.99. The van der Waals surface area contributed by atoms with E-state index in [1.807, 2.05) is 6.07 Å². The first-order chi connectivity index (χ1) is 8.67. The number of nitrogens with zero attached hydrogens (tertiary/aromatic N) is 1. The van der Waals surface area contributed by atoms with Gasteiger partial charge in [0.15, 0.2) is 0 Å². The second-order valence-electron chi connectivity index (χ2n) is 3.35. The minimum Gasteiger partial charge on any atom is -0.495 e. The van der Waals surface area contributed by atoms with Gasteiger partial charge in [0.05, 0.1) is 24.6 Å². The van der Waals surface area contributed by atoms with Crippen molar-refractivity contribution >= 4 is 35.0 Å². The van der Waals surface area contributed by atoms with Gasteiger partial charge in [-0.2, -0.15) is 17.0 Å². The van der Waals surface area contributed by atoms with Crippen molar-refractivity contribution in [1.82, 2.24) is 0 Å². The number of halogens is 1. The van der Waals surface area contributed by atoms with Crippen LogP contribution < -0.4 is 10.1 Å². The van der Waals surface area contributed by atoms with Crippen LogP contribution in [0.4, 0.5) is 5.69 Å². The van der Waals surface area contributed by atoms with Gasteiger partial charge in [-0.15, -0.1) is 0 Å². The van der Waals surface area contributed by atoms with Crippen molar-refractivity contribution in [2.24, 2.45) is 0 Å². The number of ether oxygens (including phenoxy) is 1. The minimum atomic E-state index is -0.140. The van der Waals surface area contributed by atoms with E-state index >= 15 is 0 Å². The number of hydrogen-bond donors (Lipinski definition) is 1. The van der Waals surface area contributed by atoms with Gasteiger partial charge in [0.2, 0.25) is 5.91 Å². The number of nitrogens with one attached hydrogen (secondary N) is 1. The SMILES string of the molecule is COc1ccc(Cl)cc1NC(=O)CSCCC#N. The summed E-state index contributed by atoms with van der Waals surface area (Å²) in [5, 5.41) is 11.6. The Morgan fingerprint density at radius 2 is 2.39 bits per heavy atom. The van der Waals surface area contributed by atoms with Crippen LogP contribution in [0.2, 0.25) is 5.02 Å². The fraction of sp³-hybridized carbons (Fsp3) is 0.333. The number of carbonyl (C=O) groups is 1. The highest BCUT2D eigenvalue weighted by Gasteiger charge is 2.08. The smallest absolute Gasteiger partial charge is 0.234 e. The van der Waals surface area contributed by atoms with Gasteiger partial charge >= 0.3 is 0 Å². The summed E-state index contributed by atoms with van der Waals surface area (Å²) in [6.07, 6.45) is 0.443. The van der Waals surface area contributed by atoms with Crippen LogP contribution in [0.15, 0.2) is 18.2 Å². The average Bonchev–Trinajstić information content (AvgIpc) is 2.35. The van der Waals surface area contributed by atoms with Crippen LogP contribution in [0.25, 0.3) is 0 Å². The lowest BCUT2D eigenvalue weighted by atomic mass is 10.3. The summed E-state index contributed by atoms with van der Waals surface area (Å²) in [5.74, 6) is 1.38. The van der Waals surface area contributed by atoms with Crippen molar-refractivity contribution in [2.75, 3.05) is 23.9 Å². The van der Waals surface area contributed by atoms with Crippen LogP contribution in [0.3, 0.4) is 0 Å². The van der Waals surface area contributed by atoms with Crippen LogP contribution >= 0.6 is 23.4 Å². The van der Waals surface area contributed by atoms with E-state index in [4.69, 9.17) is 21.6 Å². The highest BCUT2D eigenvalue weighted by Crippen LogP contribution is 2.27. The van der Waals surface area contributed by atoms with E-state index in [2.05, 4.69) is 5.32 Å². The first-order valence-electron chi connectivity index (χ1n) is 5.25. The van der Waals surface area contributed by atoms with Gasteiger partial charge in [0.1, 0.15) is 5.75 Å². The Morgan fingerprint density at radius 1 is 1.61 bits per heavy atom. The number of hydrogen-bond acceptors (Lipinski definition) is 4. The van der Waals surface area contributed by atoms with Crippen LogP contribution in [-0.4, -0.2) is 24.5 Å². The van der Waals surface area contributed by atoms with Gasteiger partial charge in [-0.25, -0.2) is 0 Å². The average molecular weight is 285 g/mol. The molecule has 0 radical (unpaired) electrons. The third kappa shape index (κ3) is 4.86. The predicted octanol–water partition coefficient (Wildman–Crippen LogP) is 2.93. The Bertz CT molecular complexity index is 460. The summed E-state index contributed by atoms with van der Waals surface area (Å²) in [7, 11) is 1.53. The highest BCUT2D eigenvalue weighted by atomic mass is 35.5. The Labute approximate surface area is 115 Å². The maximum atomic E-state index is 11.6. The number of rotatable bonds is 6. The van der Waals surface area contributed by atoms with E-state index in [1.165, 1.54) is 18.9 Å². The summed E-state index contributed by atoms with van der Waals surface area (Å²) >= 11 is 7.27. The molecule has 96 valence electrons. The topological polar surface area (TPSA) is 62.1 Å². The molecular weight excluding hydrogens is 272 g/mol. The van der Waals surface area contributed by atoms with Gasteiger partial charge in [-0.3, -0.25) is 4.79 Å². The fourth-order valence-corrected chi connectivity index (χ4v) is 2.06. The molecule has 18 heavy (non-hydrogen) atoms. The first-order valence-corrected chi connectivity index (χ1v) is 6.78. The molecule has 1 aromatic rings. The molecule has 0 aliphatic carbocycles. The maximum absolute atomic E-state index is 11.6. The van der Waals surface area contributed by atoms with E-state index in [0.717, 1.165) is 0 Å². The number of methoxy groups -OCH3 is 1. The molecule has 0 bridgehead atoms. The quantitative estimate of drug-likeness (QED) is 0.816. The lowest BCUT2D eigenvalue weighted by Crippen LogP contribution is -2.15. The van der Waals surface area contributed by atoms with Crippen molar-refractivity contribution in [2.45, 2.75) is 6.42 Å². The summed E-state index contributed by atoms with van der Waals surface area (Å²) < 4.78 is 5.12. The molecule has 0 unspecified atom stereocenters. The Balaban J connectivity index is 2.53. The summed E-state index contributed by atoms with van der Waals surface area (Å²) in [6.45, 7) is 0. The van der Waals surface area contributed by atoms with Crippen molar-refractivity contribution < 1.29 is 9.53 Å². The fourth-order valence-electron chi connectivity index (χ4n) is 1.25. The lowest BCUT2D eigenvalue weighted by Gasteiger charge is -2.10. The maximum Gasteiger partial charge on any atom is 0.234 e. The van der Waals surface area contributed by atoms with Crippen LogP contribution in [0.5, 0.6) is 5.75 Å². The predicted molar refractivity (Wildman–Crippen MR) is 74.2 cm³/mol. The molecule has 0 aromatic heterocycles. The minimum absolute atomic E-state index is 0.140. The van der Waals surface area contributed by atoms with E-state index in [-0.39, 0.29) is 5.91 Å². The normalized spacial score (nSPS) is 9.61. The number of thioether (sulfide) groups is 1. The molecule has 6 heteroatoms.